The van der Waals surface area contributed by atoms with Gasteiger partial charge >= 0.3 is 0 Å². The molecule has 1 amide bonds. The SMILES string of the molecule is Cc1ccc(NC(=O)Cn2nc(-c3ccccc3Cl)ccc2=O)c(Br)c1. The predicted octanol–water partition coefficient (Wildman–Crippen LogP) is 4.27. The lowest BCUT2D eigenvalue weighted by Crippen LogP contribution is -2.29. The van der Waals surface area contributed by atoms with Gasteiger partial charge in [0.2, 0.25) is 5.91 Å². The van der Waals surface area contributed by atoms with Gasteiger partial charge in [0.05, 0.1) is 16.4 Å². The van der Waals surface area contributed by atoms with Crippen molar-refractivity contribution in [2.75, 3.05) is 5.32 Å². The maximum atomic E-state index is 12.3. The third-order valence-electron chi connectivity index (χ3n) is 3.71. The van der Waals surface area contributed by atoms with Crippen molar-refractivity contribution in [3.8, 4) is 11.3 Å². The number of nitrogens with one attached hydrogen (secondary N) is 1. The number of aromatic nitrogens is 2. The number of anilines is 1. The number of nitrogens with zero attached hydrogens (tertiary/aromatic N) is 2. The average Bonchev–Trinajstić information content (AvgIpc) is 2.60. The highest BCUT2D eigenvalue weighted by Crippen LogP contribution is 2.25. The predicted molar refractivity (Wildman–Crippen MR) is 106 cm³/mol. The van der Waals surface area contributed by atoms with E-state index in [4.69, 9.17) is 11.6 Å². The summed E-state index contributed by atoms with van der Waals surface area (Å²) >= 11 is 9.59. The van der Waals surface area contributed by atoms with Crippen LogP contribution in [0.15, 0.2) is 63.9 Å². The summed E-state index contributed by atoms with van der Waals surface area (Å²) in [6.45, 7) is 1.76. The summed E-state index contributed by atoms with van der Waals surface area (Å²) in [5.41, 5.74) is 2.57. The molecule has 1 heterocycles. The lowest BCUT2D eigenvalue weighted by atomic mass is 10.1. The molecular formula is C19H15BrClN3O2. The van der Waals surface area contributed by atoms with Crippen molar-refractivity contribution in [1.29, 1.82) is 0 Å². The van der Waals surface area contributed by atoms with Gasteiger partial charge in [-0.05, 0) is 52.7 Å². The topological polar surface area (TPSA) is 64.0 Å². The van der Waals surface area contributed by atoms with Gasteiger partial charge in [0, 0.05) is 16.1 Å². The molecule has 0 aliphatic heterocycles. The van der Waals surface area contributed by atoms with Crippen molar-refractivity contribution in [3.05, 3.63) is 80.0 Å². The van der Waals surface area contributed by atoms with Crippen molar-refractivity contribution in [2.24, 2.45) is 0 Å². The molecule has 132 valence electrons. The molecule has 0 aliphatic rings. The fourth-order valence-electron chi connectivity index (χ4n) is 2.42. The largest absolute Gasteiger partial charge is 0.323 e. The summed E-state index contributed by atoms with van der Waals surface area (Å²) in [6, 6.07) is 15.8. The Hall–Kier alpha value is -2.44. The van der Waals surface area contributed by atoms with E-state index in [1.54, 1.807) is 18.2 Å². The molecule has 0 fully saturated rings. The second-order valence-corrected chi connectivity index (χ2v) is 6.99. The lowest BCUT2D eigenvalue weighted by Gasteiger charge is -2.10. The van der Waals surface area contributed by atoms with Gasteiger partial charge in [-0.1, -0.05) is 35.9 Å². The number of carbonyl (C=O) groups excluding carboxylic acids is 1. The van der Waals surface area contributed by atoms with Crippen LogP contribution in [0, 0.1) is 6.92 Å². The van der Waals surface area contributed by atoms with Crippen LogP contribution in [0.1, 0.15) is 5.56 Å². The Labute approximate surface area is 163 Å². The van der Waals surface area contributed by atoms with Crippen LogP contribution in [0.25, 0.3) is 11.3 Å². The molecule has 0 saturated heterocycles. The van der Waals surface area contributed by atoms with E-state index < -0.39 is 0 Å². The number of rotatable bonds is 4. The van der Waals surface area contributed by atoms with Crippen LogP contribution in [-0.2, 0) is 11.3 Å². The van der Waals surface area contributed by atoms with Crippen molar-refractivity contribution in [1.82, 2.24) is 9.78 Å². The molecule has 0 radical (unpaired) electrons. The monoisotopic (exact) mass is 431 g/mol. The van der Waals surface area contributed by atoms with E-state index in [0.717, 1.165) is 14.7 Å². The number of hydrogen-bond acceptors (Lipinski definition) is 3. The van der Waals surface area contributed by atoms with Gasteiger partial charge < -0.3 is 5.32 Å². The summed E-state index contributed by atoms with van der Waals surface area (Å²) in [4.78, 5) is 24.4. The molecule has 1 aromatic heterocycles. The van der Waals surface area contributed by atoms with E-state index in [1.165, 1.54) is 6.07 Å². The zero-order valence-electron chi connectivity index (χ0n) is 13.9. The molecule has 2 aromatic carbocycles. The second kappa shape index (κ2) is 7.85. The second-order valence-electron chi connectivity index (χ2n) is 5.73. The Bertz CT molecular complexity index is 1030. The zero-order chi connectivity index (χ0) is 18.7. The molecule has 0 spiro atoms. The van der Waals surface area contributed by atoms with Gasteiger partial charge in [0.25, 0.3) is 5.56 Å². The molecule has 0 atom stereocenters. The highest BCUT2D eigenvalue weighted by molar-refractivity contribution is 9.10. The normalized spacial score (nSPS) is 10.6. The minimum absolute atomic E-state index is 0.197. The Balaban J connectivity index is 1.83. The molecule has 0 saturated carbocycles. The van der Waals surface area contributed by atoms with Crippen LogP contribution in [0.5, 0.6) is 0 Å². The molecule has 0 bridgehead atoms. The van der Waals surface area contributed by atoms with Crippen molar-refractivity contribution in [2.45, 2.75) is 13.5 Å². The Morgan fingerprint density at radius 1 is 1.19 bits per heavy atom. The first-order valence-electron chi connectivity index (χ1n) is 7.83. The molecule has 3 aromatic rings. The first kappa shape index (κ1) is 18.4. The number of amides is 1. The summed E-state index contributed by atoms with van der Waals surface area (Å²) < 4.78 is 1.90. The van der Waals surface area contributed by atoms with E-state index in [-0.39, 0.29) is 18.0 Å². The first-order valence-corrected chi connectivity index (χ1v) is 9.00. The maximum absolute atomic E-state index is 12.3. The van der Waals surface area contributed by atoms with Crippen LogP contribution in [0.2, 0.25) is 5.02 Å². The van der Waals surface area contributed by atoms with Gasteiger partial charge in [-0.2, -0.15) is 5.10 Å². The number of benzene rings is 2. The van der Waals surface area contributed by atoms with Crippen molar-refractivity contribution >= 4 is 39.1 Å². The highest BCUT2D eigenvalue weighted by Gasteiger charge is 2.11. The van der Waals surface area contributed by atoms with Crippen LogP contribution >= 0.6 is 27.5 Å². The fourth-order valence-corrected chi connectivity index (χ4v) is 3.25. The third kappa shape index (κ3) is 4.20. The molecule has 3 rings (SSSR count). The van der Waals surface area contributed by atoms with Gasteiger partial charge in [-0.15, -0.1) is 0 Å². The minimum Gasteiger partial charge on any atom is -0.323 e. The smallest absolute Gasteiger partial charge is 0.267 e. The Kier molecular flexibility index (Phi) is 5.54. The minimum atomic E-state index is -0.362. The molecule has 7 heteroatoms. The third-order valence-corrected chi connectivity index (χ3v) is 4.69. The number of hydrogen-bond donors (Lipinski definition) is 1. The van der Waals surface area contributed by atoms with Crippen LogP contribution in [0.3, 0.4) is 0 Å². The standard InChI is InChI=1S/C19H15BrClN3O2/c1-12-6-7-17(14(20)10-12)22-18(25)11-24-19(26)9-8-16(23-24)13-4-2-3-5-15(13)21/h2-10H,11H2,1H3,(H,22,25). The lowest BCUT2D eigenvalue weighted by molar-refractivity contribution is -0.117. The van der Waals surface area contributed by atoms with Crippen molar-refractivity contribution in [3.63, 3.8) is 0 Å². The van der Waals surface area contributed by atoms with Crippen LogP contribution in [-0.4, -0.2) is 15.7 Å². The first-order chi connectivity index (χ1) is 12.4. The summed E-state index contributed by atoms with van der Waals surface area (Å²) in [5.74, 6) is -0.347. The number of aryl methyl sites for hydroxylation is 1. The van der Waals surface area contributed by atoms with Crippen LogP contribution < -0.4 is 10.9 Å². The molecule has 1 N–H and O–H groups in total. The van der Waals surface area contributed by atoms with E-state index in [1.807, 2.05) is 37.3 Å². The van der Waals surface area contributed by atoms with Gasteiger partial charge in [-0.3, -0.25) is 9.59 Å². The Morgan fingerprint density at radius 3 is 2.69 bits per heavy atom. The van der Waals surface area contributed by atoms with Gasteiger partial charge in [-0.25, -0.2) is 4.68 Å². The van der Waals surface area contributed by atoms with E-state index in [9.17, 15) is 9.59 Å². The van der Waals surface area contributed by atoms with E-state index in [0.29, 0.717) is 22.0 Å². The maximum Gasteiger partial charge on any atom is 0.267 e. The molecule has 0 unspecified atom stereocenters. The number of carbonyl (C=O) groups is 1. The van der Waals surface area contributed by atoms with Crippen molar-refractivity contribution < 1.29 is 4.79 Å². The molecule has 5 nitrogen and oxygen atoms in total. The summed E-state index contributed by atoms with van der Waals surface area (Å²) in [5, 5.41) is 7.57. The fraction of sp³-hybridized carbons (Fsp3) is 0.105. The van der Waals surface area contributed by atoms with E-state index >= 15 is 0 Å². The highest BCUT2D eigenvalue weighted by atomic mass is 79.9. The molecule has 26 heavy (non-hydrogen) atoms. The zero-order valence-corrected chi connectivity index (χ0v) is 16.2. The summed E-state index contributed by atoms with van der Waals surface area (Å²) in [6.07, 6.45) is 0. The summed E-state index contributed by atoms with van der Waals surface area (Å²) in [7, 11) is 0. The van der Waals surface area contributed by atoms with E-state index in [2.05, 4.69) is 26.3 Å². The molecular weight excluding hydrogens is 418 g/mol. The van der Waals surface area contributed by atoms with Gasteiger partial charge in [0.15, 0.2) is 0 Å². The van der Waals surface area contributed by atoms with Crippen LogP contribution in [0.4, 0.5) is 5.69 Å². The Morgan fingerprint density at radius 2 is 1.96 bits per heavy atom. The quantitative estimate of drug-likeness (QED) is 0.669. The number of halogens is 2. The average molecular weight is 433 g/mol. The van der Waals surface area contributed by atoms with Gasteiger partial charge in [0.1, 0.15) is 6.54 Å². The molecule has 0 aliphatic carbocycles.